The van der Waals surface area contributed by atoms with Gasteiger partial charge in [0.1, 0.15) is 0 Å². The van der Waals surface area contributed by atoms with Crippen molar-refractivity contribution in [2.24, 2.45) is 0 Å². The quantitative estimate of drug-likeness (QED) is 0.556. The molecule has 0 radical (unpaired) electrons. The van der Waals surface area contributed by atoms with Gasteiger partial charge in [0.05, 0.1) is 12.0 Å². The average Bonchev–Trinajstić information content (AvgIpc) is 2.77. The van der Waals surface area contributed by atoms with Crippen LogP contribution in [0, 0.1) is 10.1 Å². The van der Waals surface area contributed by atoms with E-state index < -0.39 is 4.92 Å². The lowest BCUT2D eigenvalue weighted by Crippen LogP contribution is -2.50. The van der Waals surface area contributed by atoms with E-state index >= 15 is 0 Å². The molecule has 1 aliphatic heterocycles. The molecule has 0 spiro atoms. The van der Waals surface area contributed by atoms with Crippen LogP contribution in [0.15, 0.2) is 42.5 Å². The van der Waals surface area contributed by atoms with Gasteiger partial charge in [-0.1, -0.05) is 26.0 Å². The van der Waals surface area contributed by atoms with Crippen LogP contribution in [0.3, 0.4) is 0 Å². The topological polar surface area (TPSA) is 93.0 Å². The lowest BCUT2D eigenvalue weighted by molar-refractivity contribution is -0.385. The molecular weight excluding hydrogens is 386 g/mol. The van der Waals surface area contributed by atoms with Crippen LogP contribution in [-0.4, -0.2) is 59.8 Å². The highest BCUT2D eigenvalue weighted by Gasteiger charge is 2.27. The zero-order chi connectivity index (χ0) is 21.8. The van der Waals surface area contributed by atoms with Crippen molar-refractivity contribution in [2.75, 3.05) is 33.3 Å². The van der Waals surface area contributed by atoms with Gasteiger partial charge in [0.2, 0.25) is 0 Å². The number of amides is 2. The number of carbonyl (C=O) groups is 2. The first-order valence-electron chi connectivity index (χ1n) is 9.82. The van der Waals surface area contributed by atoms with Gasteiger partial charge in [-0.25, -0.2) is 0 Å². The molecule has 0 atom stereocenters. The van der Waals surface area contributed by atoms with Crippen LogP contribution < -0.4 is 4.74 Å². The second-order valence-corrected chi connectivity index (χ2v) is 7.50. The average molecular weight is 411 g/mol. The number of nitro benzene ring substituents is 1. The first kappa shape index (κ1) is 21.3. The molecule has 0 bridgehead atoms. The minimum Gasteiger partial charge on any atom is -0.490 e. The summed E-state index contributed by atoms with van der Waals surface area (Å²) in [5, 5.41) is 11.2. The lowest BCUT2D eigenvalue weighted by Gasteiger charge is -2.35. The van der Waals surface area contributed by atoms with Crippen molar-refractivity contribution in [1.82, 2.24) is 9.80 Å². The molecule has 1 saturated heterocycles. The molecule has 2 aromatic carbocycles. The van der Waals surface area contributed by atoms with E-state index in [1.54, 1.807) is 9.80 Å². The van der Waals surface area contributed by atoms with Gasteiger partial charge in [-0.15, -0.1) is 0 Å². The normalized spacial score (nSPS) is 14.0. The van der Waals surface area contributed by atoms with E-state index in [1.807, 2.05) is 24.3 Å². The standard InChI is InChI=1S/C22H25N3O5/c1-15(2)16-4-6-17(7-5-16)21(26)23-10-12-24(13-11-23)22(27)18-8-9-20(30-3)19(14-18)25(28)29/h4-9,14-15H,10-13H2,1-3H3. The van der Waals surface area contributed by atoms with Crippen molar-refractivity contribution >= 4 is 17.5 Å². The molecule has 0 aliphatic carbocycles. The van der Waals surface area contributed by atoms with E-state index in [9.17, 15) is 19.7 Å². The van der Waals surface area contributed by atoms with Gasteiger partial charge in [0.25, 0.3) is 11.8 Å². The smallest absolute Gasteiger partial charge is 0.311 e. The van der Waals surface area contributed by atoms with E-state index in [0.717, 1.165) is 0 Å². The van der Waals surface area contributed by atoms with Crippen molar-refractivity contribution in [3.05, 3.63) is 69.3 Å². The molecule has 1 aliphatic rings. The maximum Gasteiger partial charge on any atom is 0.311 e. The molecule has 0 aromatic heterocycles. The number of nitrogens with zero attached hydrogens (tertiary/aromatic N) is 3. The third-order valence-corrected chi connectivity index (χ3v) is 5.30. The SMILES string of the molecule is COc1ccc(C(=O)N2CCN(C(=O)c3ccc(C(C)C)cc3)CC2)cc1[N+](=O)[O-]. The summed E-state index contributed by atoms with van der Waals surface area (Å²) in [6, 6.07) is 11.8. The molecule has 0 unspecified atom stereocenters. The number of carbonyl (C=O) groups excluding carboxylic acids is 2. The summed E-state index contributed by atoms with van der Waals surface area (Å²) in [4.78, 5) is 39.5. The van der Waals surface area contributed by atoms with Gasteiger partial charge >= 0.3 is 5.69 Å². The van der Waals surface area contributed by atoms with Gasteiger partial charge in [0, 0.05) is 43.4 Å². The molecule has 1 fully saturated rings. The number of nitro groups is 1. The Bertz CT molecular complexity index is 948. The van der Waals surface area contributed by atoms with Gasteiger partial charge in [-0.3, -0.25) is 19.7 Å². The number of methoxy groups -OCH3 is 1. The minimum absolute atomic E-state index is 0.0579. The maximum absolute atomic E-state index is 12.8. The largest absolute Gasteiger partial charge is 0.490 e. The summed E-state index contributed by atoms with van der Waals surface area (Å²) in [5.41, 5.74) is 1.79. The Morgan fingerprint density at radius 2 is 1.43 bits per heavy atom. The number of hydrogen-bond acceptors (Lipinski definition) is 5. The molecule has 8 heteroatoms. The van der Waals surface area contributed by atoms with Crippen molar-refractivity contribution in [3.8, 4) is 5.75 Å². The summed E-state index contributed by atoms with van der Waals surface area (Å²) in [6.07, 6.45) is 0. The lowest BCUT2D eigenvalue weighted by atomic mass is 10.0. The van der Waals surface area contributed by atoms with Crippen molar-refractivity contribution < 1.29 is 19.2 Å². The van der Waals surface area contributed by atoms with Crippen LogP contribution in [0.2, 0.25) is 0 Å². The molecule has 2 amide bonds. The Morgan fingerprint density at radius 1 is 0.933 bits per heavy atom. The van der Waals surface area contributed by atoms with Crippen molar-refractivity contribution in [2.45, 2.75) is 19.8 Å². The highest BCUT2D eigenvalue weighted by atomic mass is 16.6. The number of hydrogen-bond donors (Lipinski definition) is 0. The van der Waals surface area contributed by atoms with Gasteiger partial charge in [-0.2, -0.15) is 0 Å². The van der Waals surface area contributed by atoms with E-state index in [0.29, 0.717) is 37.7 Å². The first-order valence-corrected chi connectivity index (χ1v) is 9.82. The highest BCUT2D eigenvalue weighted by molar-refractivity contribution is 5.96. The van der Waals surface area contributed by atoms with Crippen molar-refractivity contribution in [3.63, 3.8) is 0 Å². The Morgan fingerprint density at radius 3 is 1.90 bits per heavy atom. The fraction of sp³-hybridized carbons (Fsp3) is 0.364. The summed E-state index contributed by atoms with van der Waals surface area (Å²) in [6.45, 7) is 5.77. The summed E-state index contributed by atoms with van der Waals surface area (Å²) < 4.78 is 4.98. The van der Waals surface area contributed by atoms with Crippen LogP contribution in [0.4, 0.5) is 5.69 Å². The molecule has 8 nitrogen and oxygen atoms in total. The monoisotopic (exact) mass is 411 g/mol. The van der Waals surface area contributed by atoms with E-state index in [4.69, 9.17) is 4.74 Å². The second kappa shape index (κ2) is 8.94. The Hall–Kier alpha value is -3.42. The van der Waals surface area contributed by atoms with Crippen LogP contribution in [0.5, 0.6) is 5.75 Å². The second-order valence-electron chi connectivity index (χ2n) is 7.50. The van der Waals surface area contributed by atoms with Crippen LogP contribution >= 0.6 is 0 Å². The van der Waals surface area contributed by atoms with E-state index in [-0.39, 0.29) is 28.8 Å². The summed E-state index contributed by atoms with van der Waals surface area (Å²) in [5.74, 6) is 0.152. The molecule has 0 N–H and O–H groups in total. The number of benzene rings is 2. The highest BCUT2D eigenvalue weighted by Crippen LogP contribution is 2.28. The zero-order valence-electron chi connectivity index (χ0n) is 17.3. The first-order chi connectivity index (χ1) is 14.3. The third kappa shape index (κ3) is 4.42. The van der Waals surface area contributed by atoms with Crippen LogP contribution in [0.1, 0.15) is 46.0 Å². The number of piperazine rings is 1. The molecular formula is C22H25N3O5. The fourth-order valence-corrected chi connectivity index (χ4v) is 3.45. The van der Waals surface area contributed by atoms with E-state index in [1.165, 1.54) is 30.9 Å². The Balaban J connectivity index is 1.65. The fourth-order valence-electron chi connectivity index (χ4n) is 3.45. The van der Waals surface area contributed by atoms with Crippen LogP contribution in [-0.2, 0) is 0 Å². The molecule has 3 rings (SSSR count). The van der Waals surface area contributed by atoms with Crippen LogP contribution in [0.25, 0.3) is 0 Å². The van der Waals surface area contributed by atoms with E-state index in [2.05, 4.69) is 13.8 Å². The molecule has 2 aromatic rings. The van der Waals surface area contributed by atoms with Gasteiger partial charge < -0.3 is 14.5 Å². The predicted molar refractivity (Wildman–Crippen MR) is 112 cm³/mol. The summed E-state index contributed by atoms with van der Waals surface area (Å²) in [7, 11) is 1.34. The Labute approximate surface area is 175 Å². The van der Waals surface area contributed by atoms with Gasteiger partial charge in [0.15, 0.2) is 5.75 Å². The van der Waals surface area contributed by atoms with Crippen molar-refractivity contribution in [1.29, 1.82) is 0 Å². The number of rotatable bonds is 5. The zero-order valence-corrected chi connectivity index (χ0v) is 17.3. The van der Waals surface area contributed by atoms with Gasteiger partial charge in [-0.05, 0) is 35.7 Å². The molecule has 0 saturated carbocycles. The maximum atomic E-state index is 12.8. The minimum atomic E-state index is -0.573. The third-order valence-electron chi connectivity index (χ3n) is 5.30. The molecule has 158 valence electrons. The molecule has 30 heavy (non-hydrogen) atoms. The molecule has 1 heterocycles. The number of ether oxygens (including phenoxy) is 1. The Kier molecular flexibility index (Phi) is 6.34. The predicted octanol–water partition coefficient (Wildman–Crippen LogP) is 3.33. The summed E-state index contributed by atoms with van der Waals surface area (Å²) >= 11 is 0.